The van der Waals surface area contributed by atoms with Gasteiger partial charge in [0.2, 0.25) is 0 Å². The van der Waals surface area contributed by atoms with E-state index >= 15 is 0 Å². The van der Waals surface area contributed by atoms with Crippen molar-refractivity contribution in [2.24, 2.45) is 0 Å². The van der Waals surface area contributed by atoms with Crippen LogP contribution in [0.4, 0.5) is 11.4 Å². The number of carbonyl (C=O) groups excluding carboxylic acids is 1. The van der Waals surface area contributed by atoms with Crippen LogP contribution in [-0.4, -0.2) is 5.78 Å². The molecule has 82 valence electrons. The second kappa shape index (κ2) is 3.85. The van der Waals surface area contributed by atoms with Gasteiger partial charge in [-0.05, 0) is 29.3 Å². The molecule has 0 fully saturated rings. The molecule has 0 bridgehead atoms. The number of Topliss-reactive ketones (excluding diaryl/α,β-unsaturated/α-hetero) is 1. The highest BCUT2D eigenvalue weighted by Gasteiger charge is 2.10. The van der Waals surface area contributed by atoms with E-state index in [0.29, 0.717) is 17.8 Å². The molecule has 2 rings (SSSR count). The maximum Gasteiger partial charge on any atom is 0.134 e. The highest BCUT2D eigenvalue weighted by Crippen LogP contribution is 2.30. The van der Waals surface area contributed by atoms with Crippen LogP contribution in [0.3, 0.4) is 0 Å². The molecule has 0 radical (unpaired) electrons. The Balaban J connectivity index is 2.76. The number of benzene rings is 2. The Labute approximate surface area is 94.0 Å². The molecule has 16 heavy (non-hydrogen) atoms. The van der Waals surface area contributed by atoms with E-state index in [-0.39, 0.29) is 5.78 Å². The molecule has 0 aromatic heterocycles. The van der Waals surface area contributed by atoms with Gasteiger partial charge in [0.15, 0.2) is 0 Å². The van der Waals surface area contributed by atoms with Gasteiger partial charge < -0.3 is 11.5 Å². The summed E-state index contributed by atoms with van der Waals surface area (Å²) in [5.41, 5.74) is 13.6. The first kappa shape index (κ1) is 10.5. The molecular weight excluding hydrogens is 200 g/mol. The summed E-state index contributed by atoms with van der Waals surface area (Å²) in [6.07, 6.45) is 0.331. The topological polar surface area (TPSA) is 69.1 Å². The Morgan fingerprint density at radius 1 is 1.25 bits per heavy atom. The third-order valence-electron chi connectivity index (χ3n) is 2.66. The Morgan fingerprint density at radius 2 is 1.94 bits per heavy atom. The Morgan fingerprint density at radius 3 is 2.62 bits per heavy atom. The Hall–Kier alpha value is -2.03. The van der Waals surface area contributed by atoms with Crippen LogP contribution in [0, 0.1) is 0 Å². The van der Waals surface area contributed by atoms with E-state index in [1.807, 2.05) is 30.3 Å². The molecule has 0 aliphatic heterocycles. The first-order valence-corrected chi connectivity index (χ1v) is 5.14. The summed E-state index contributed by atoms with van der Waals surface area (Å²) in [7, 11) is 0. The minimum absolute atomic E-state index is 0.0856. The maximum absolute atomic E-state index is 11.2. The Kier molecular flexibility index (Phi) is 2.52. The molecule has 0 aliphatic carbocycles. The van der Waals surface area contributed by atoms with Crippen LogP contribution in [0.2, 0.25) is 0 Å². The molecule has 2 aromatic carbocycles. The van der Waals surface area contributed by atoms with E-state index in [1.165, 1.54) is 0 Å². The van der Waals surface area contributed by atoms with E-state index < -0.39 is 0 Å². The first-order chi connectivity index (χ1) is 7.59. The molecule has 3 heteroatoms. The van der Waals surface area contributed by atoms with Crippen LogP contribution in [0.25, 0.3) is 10.8 Å². The van der Waals surface area contributed by atoms with Crippen LogP contribution >= 0.6 is 0 Å². The summed E-state index contributed by atoms with van der Waals surface area (Å²) in [6.45, 7) is 1.55. The van der Waals surface area contributed by atoms with Crippen LogP contribution < -0.4 is 11.5 Å². The standard InChI is InChI=1S/C13H14N2O/c1-8(16)6-11-10-5-3-2-4-9(10)7-12(14)13(11)15/h2-5,7H,6,14-15H2,1H3. The summed E-state index contributed by atoms with van der Waals surface area (Å²) >= 11 is 0. The summed E-state index contributed by atoms with van der Waals surface area (Å²) < 4.78 is 0. The van der Waals surface area contributed by atoms with Crippen LogP contribution in [0.5, 0.6) is 0 Å². The molecule has 0 aliphatic rings. The van der Waals surface area contributed by atoms with Crippen molar-refractivity contribution in [3.63, 3.8) is 0 Å². The molecule has 0 spiro atoms. The number of fused-ring (bicyclic) bond motifs is 1. The van der Waals surface area contributed by atoms with Gasteiger partial charge in [-0.15, -0.1) is 0 Å². The molecular formula is C13H14N2O. The molecule has 4 N–H and O–H groups in total. The van der Waals surface area contributed by atoms with Crippen molar-refractivity contribution >= 4 is 27.9 Å². The minimum Gasteiger partial charge on any atom is -0.397 e. The normalized spacial score (nSPS) is 10.6. The van der Waals surface area contributed by atoms with Crippen LogP contribution in [0.15, 0.2) is 30.3 Å². The monoisotopic (exact) mass is 214 g/mol. The second-order valence-electron chi connectivity index (χ2n) is 3.96. The van der Waals surface area contributed by atoms with Crippen LogP contribution in [0.1, 0.15) is 12.5 Å². The largest absolute Gasteiger partial charge is 0.397 e. The van der Waals surface area contributed by atoms with E-state index in [4.69, 9.17) is 11.5 Å². The van der Waals surface area contributed by atoms with Crippen LogP contribution in [-0.2, 0) is 11.2 Å². The number of rotatable bonds is 2. The van der Waals surface area contributed by atoms with Crippen molar-refractivity contribution in [3.05, 3.63) is 35.9 Å². The zero-order valence-electron chi connectivity index (χ0n) is 9.16. The minimum atomic E-state index is 0.0856. The van der Waals surface area contributed by atoms with Gasteiger partial charge in [-0.2, -0.15) is 0 Å². The smallest absolute Gasteiger partial charge is 0.134 e. The van der Waals surface area contributed by atoms with Crippen molar-refractivity contribution in [1.29, 1.82) is 0 Å². The second-order valence-corrected chi connectivity index (χ2v) is 3.96. The molecule has 0 atom stereocenters. The number of ketones is 1. The van der Waals surface area contributed by atoms with Crippen molar-refractivity contribution in [1.82, 2.24) is 0 Å². The van der Waals surface area contributed by atoms with E-state index in [9.17, 15) is 4.79 Å². The summed E-state index contributed by atoms with van der Waals surface area (Å²) in [4.78, 5) is 11.2. The van der Waals surface area contributed by atoms with Gasteiger partial charge >= 0.3 is 0 Å². The predicted molar refractivity (Wildman–Crippen MR) is 67.2 cm³/mol. The summed E-state index contributed by atoms with van der Waals surface area (Å²) in [6, 6.07) is 9.64. The number of nitrogen functional groups attached to an aromatic ring is 2. The van der Waals surface area contributed by atoms with Gasteiger partial charge in [-0.1, -0.05) is 24.3 Å². The maximum atomic E-state index is 11.2. The quantitative estimate of drug-likeness (QED) is 0.752. The average molecular weight is 214 g/mol. The van der Waals surface area contributed by atoms with Gasteiger partial charge in [0.25, 0.3) is 0 Å². The molecule has 0 unspecified atom stereocenters. The van der Waals surface area contributed by atoms with Gasteiger partial charge in [0.1, 0.15) is 5.78 Å². The molecule has 3 nitrogen and oxygen atoms in total. The summed E-state index contributed by atoms with van der Waals surface area (Å²) in [5.74, 6) is 0.0856. The van der Waals surface area contributed by atoms with Gasteiger partial charge in [0.05, 0.1) is 11.4 Å². The number of hydrogen-bond acceptors (Lipinski definition) is 3. The van der Waals surface area contributed by atoms with Gasteiger partial charge in [-0.25, -0.2) is 0 Å². The zero-order valence-corrected chi connectivity index (χ0v) is 9.16. The number of hydrogen-bond donors (Lipinski definition) is 2. The van der Waals surface area contributed by atoms with E-state index in [2.05, 4.69) is 0 Å². The average Bonchev–Trinajstić information content (AvgIpc) is 2.24. The van der Waals surface area contributed by atoms with E-state index in [0.717, 1.165) is 16.3 Å². The van der Waals surface area contributed by atoms with Gasteiger partial charge in [-0.3, -0.25) is 4.79 Å². The van der Waals surface area contributed by atoms with Crippen molar-refractivity contribution in [2.75, 3.05) is 11.5 Å². The fourth-order valence-corrected chi connectivity index (χ4v) is 1.90. The highest BCUT2D eigenvalue weighted by molar-refractivity contribution is 5.98. The van der Waals surface area contributed by atoms with Crippen molar-refractivity contribution in [2.45, 2.75) is 13.3 Å². The molecule has 0 saturated heterocycles. The third-order valence-corrected chi connectivity index (χ3v) is 2.66. The molecule has 0 amide bonds. The lowest BCUT2D eigenvalue weighted by Crippen LogP contribution is -2.05. The third kappa shape index (κ3) is 1.72. The predicted octanol–water partition coefficient (Wildman–Crippen LogP) is 2.14. The SMILES string of the molecule is CC(=O)Cc1c(N)c(N)cc2ccccc12. The lowest BCUT2D eigenvalue weighted by Gasteiger charge is -2.11. The zero-order chi connectivity index (χ0) is 11.7. The summed E-state index contributed by atoms with van der Waals surface area (Å²) in [5, 5.41) is 2.02. The first-order valence-electron chi connectivity index (χ1n) is 5.14. The fraction of sp³-hybridized carbons (Fsp3) is 0.154. The van der Waals surface area contributed by atoms with Gasteiger partial charge in [0, 0.05) is 6.42 Å². The number of carbonyl (C=O) groups is 1. The molecule has 2 aromatic rings. The van der Waals surface area contributed by atoms with Crippen molar-refractivity contribution in [3.8, 4) is 0 Å². The fourth-order valence-electron chi connectivity index (χ4n) is 1.90. The molecule has 0 saturated carbocycles. The lowest BCUT2D eigenvalue weighted by molar-refractivity contribution is -0.116. The Bertz CT molecular complexity index is 561. The number of nitrogens with two attached hydrogens (primary N) is 2. The van der Waals surface area contributed by atoms with E-state index in [1.54, 1.807) is 6.92 Å². The highest BCUT2D eigenvalue weighted by atomic mass is 16.1. The lowest BCUT2D eigenvalue weighted by atomic mass is 9.98. The molecule has 0 heterocycles. The number of anilines is 2. The van der Waals surface area contributed by atoms with Crippen molar-refractivity contribution < 1.29 is 4.79 Å².